The minimum absolute atomic E-state index is 0.0861. The van der Waals surface area contributed by atoms with Gasteiger partial charge in [-0.3, -0.25) is 0 Å². The van der Waals surface area contributed by atoms with Crippen LogP contribution in [0.15, 0.2) is 24.3 Å². The first-order chi connectivity index (χ1) is 5.54. The summed E-state index contributed by atoms with van der Waals surface area (Å²) >= 11 is 0. The van der Waals surface area contributed by atoms with E-state index >= 15 is 0 Å². The standard InChI is InChI=1S/C8H4F3O/c1-12-7-4-2-6(3-5-7)8(9,10)11/h2-5H. The van der Waals surface area contributed by atoms with Crippen molar-refractivity contribution in [3.63, 3.8) is 0 Å². The van der Waals surface area contributed by atoms with Gasteiger partial charge in [0.25, 0.3) is 7.11 Å². The minimum atomic E-state index is -4.33. The van der Waals surface area contributed by atoms with Gasteiger partial charge in [0.1, 0.15) is 5.75 Å². The summed E-state index contributed by atoms with van der Waals surface area (Å²) in [7, 11) is 6.39. The summed E-state index contributed by atoms with van der Waals surface area (Å²) in [6, 6.07) is 3.92. The molecule has 0 spiro atoms. The molecular weight excluding hydrogens is 169 g/mol. The molecule has 3 radical (unpaired) electrons. The molecule has 0 saturated heterocycles. The SMILES string of the molecule is [C]Oc1ccc(C(F)(F)F)cc1. The molecule has 0 bridgehead atoms. The number of halogens is 3. The summed E-state index contributed by atoms with van der Waals surface area (Å²) in [4.78, 5) is 0. The molecule has 0 aliphatic heterocycles. The molecule has 4 heteroatoms. The van der Waals surface area contributed by atoms with Crippen LogP contribution in [0.25, 0.3) is 0 Å². The third kappa shape index (κ3) is 1.90. The molecule has 0 aromatic heterocycles. The van der Waals surface area contributed by atoms with Crippen molar-refractivity contribution in [2.75, 3.05) is 0 Å². The second kappa shape index (κ2) is 3.05. The Balaban J connectivity index is 2.93. The van der Waals surface area contributed by atoms with Gasteiger partial charge in [0.15, 0.2) is 0 Å². The van der Waals surface area contributed by atoms with E-state index in [1.165, 1.54) is 0 Å². The first kappa shape index (κ1) is 8.90. The maximum absolute atomic E-state index is 11.9. The van der Waals surface area contributed by atoms with Gasteiger partial charge in [-0.05, 0) is 24.3 Å². The third-order valence-electron chi connectivity index (χ3n) is 1.30. The fourth-order valence-electron chi connectivity index (χ4n) is 0.712. The molecule has 0 amide bonds. The molecule has 0 atom stereocenters. The number of ether oxygens (including phenoxy) is 1. The van der Waals surface area contributed by atoms with Crippen LogP contribution in [0.2, 0.25) is 0 Å². The highest BCUT2D eigenvalue weighted by Crippen LogP contribution is 2.30. The van der Waals surface area contributed by atoms with E-state index in [4.69, 9.17) is 7.11 Å². The van der Waals surface area contributed by atoms with Gasteiger partial charge >= 0.3 is 6.18 Å². The van der Waals surface area contributed by atoms with Gasteiger partial charge in [0, 0.05) is 0 Å². The Labute approximate surface area is 67.8 Å². The van der Waals surface area contributed by atoms with Gasteiger partial charge in [-0.25, -0.2) is 0 Å². The Kier molecular flexibility index (Phi) is 2.26. The molecule has 1 aromatic carbocycles. The van der Waals surface area contributed by atoms with Crippen molar-refractivity contribution in [2.45, 2.75) is 6.18 Å². The van der Waals surface area contributed by atoms with Gasteiger partial charge in [-0.1, -0.05) is 0 Å². The van der Waals surface area contributed by atoms with Crippen LogP contribution in [0.1, 0.15) is 5.56 Å². The Morgan fingerprint density at radius 1 is 1.08 bits per heavy atom. The van der Waals surface area contributed by atoms with E-state index in [0.29, 0.717) is 0 Å². The molecule has 0 unspecified atom stereocenters. The number of hydrogen-bond acceptors (Lipinski definition) is 1. The van der Waals surface area contributed by atoms with Crippen LogP contribution in [0.4, 0.5) is 13.2 Å². The van der Waals surface area contributed by atoms with Gasteiger partial charge in [0.05, 0.1) is 5.56 Å². The lowest BCUT2D eigenvalue weighted by molar-refractivity contribution is -0.137. The lowest BCUT2D eigenvalue weighted by Crippen LogP contribution is -2.03. The largest absolute Gasteiger partial charge is 0.473 e. The first-order valence-electron chi connectivity index (χ1n) is 3.05. The van der Waals surface area contributed by atoms with Crippen LogP contribution in [-0.2, 0) is 6.18 Å². The summed E-state index contributed by atoms with van der Waals surface area (Å²) in [5.74, 6) is 0.0861. The smallest absolute Gasteiger partial charge is 0.416 e. The number of benzene rings is 1. The maximum atomic E-state index is 11.9. The summed E-state index contributed by atoms with van der Waals surface area (Å²) in [6.45, 7) is 0. The molecule has 1 rings (SSSR count). The fourth-order valence-corrected chi connectivity index (χ4v) is 0.712. The summed E-state index contributed by atoms with van der Waals surface area (Å²) in [5, 5.41) is 0. The van der Waals surface area contributed by atoms with Crippen molar-refractivity contribution in [3.8, 4) is 5.75 Å². The molecule has 0 aliphatic rings. The van der Waals surface area contributed by atoms with Crippen molar-refractivity contribution in [1.82, 2.24) is 0 Å². The Morgan fingerprint density at radius 2 is 1.58 bits per heavy atom. The Bertz CT molecular complexity index is 250. The van der Waals surface area contributed by atoms with E-state index in [0.717, 1.165) is 24.3 Å². The molecule has 1 aromatic rings. The zero-order valence-electron chi connectivity index (χ0n) is 5.85. The van der Waals surface area contributed by atoms with E-state index in [-0.39, 0.29) is 5.75 Å². The lowest BCUT2D eigenvalue weighted by Gasteiger charge is -2.06. The summed E-state index contributed by atoms with van der Waals surface area (Å²) in [6.07, 6.45) is -4.33. The van der Waals surface area contributed by atoms with Crippen molar-refractivity contribution in [2.24, 2.45) is 0 Å². The first-order valence-corrected chi connectivity index (χ1v) is 3.05. The third-order valence-corrected chi connectivity index (χ3v) is 1.30. The highest BCUT2D eigenvalue weighted by Gasteiger charge is 2.29. The second-order valence-corrected chi connectivity index (χ2v) is 2.12. The van der Waals surface area contributed by atoms with E-state index in [2.05, 4.69) is 4.74 Å². The highest BCUT2D eigenvalue weighted by molar-refractivity contribution is 5.28. The topological polar surface area (TPSA) is 9.23 Å². The van der Waals surface area contributed by atoms with Crippen LogP contribution in [0.5, 0.6) is 5.75 Å². The molecule has 0 heterocycles. The van der Waals surface area contributed by atoms with Crippen LogP contribution < -0.4 is 4.74 Å². The van der Waals surface area contributed by atoms with Gasteiger partial charge < -0.3 is 4.74 Å². The predicted octanol–water partition coefficient (Wildman–Crippen LogP) is 2.63. The summed E-state index contributed by atoms with van der Waals surface area (Å²) in [5.41, 5.74) is -0.747. The van der Waals surface area contributed by atoms with Crippen molar-refractivity contribution >= 4 is 0 Å². The van der Waals surface area contributed by atoms with Crippen LogP contribution in [0.3, 0.4) is 0 Å². The number of hydrogen-bond donors (Lipinski definition) is 0. The Hall–Kier alpha value is -1.19. The van der Waals surface area contributed by atoms with Crippen molar-refractivity contribution < 1.29 is 17.9 Å². The average molecular weight is 173 g/mol. The fraction of sp³-hybridized carbons (Fsp3) is 0.125. The van der Waals surface area contributed by atoms with Crippen LogP contribution in [-0.4, -0.2) is 0 Å². The molecule has 0 saturated carbocycles. The quantitative estimate of drug-likeness (QED) is 0.634. The average Bonchev–Trinajstić information content (AvgIpc) is 2.03. The van der Waals surface area contributed by atoms with Crippen molar-refractivity contribution in [1.29, 1.82) is 0 Å². The van der Waals surface area contributed by atoms with Crippen LogP contribution in [0, 0.1) is 7.11 Å². The number of rotatable bonds is 1. The van der Waals surface area contributed by atoms with E-state index < -0.39 is 11.7 Å². The highest BCUT2D eigenvalue weighted by atomic mass is 19.4. The Morgan fingerprint density at radius 3 is 1.92 bits per heavy atom. The number of alkyl halides is 3. The predicted molar refractivity (Wildman–Crippen MR) is 35.3 cm³/mol. The minimum Gasteiger partial charge on any atom is -0.473 e. The lowest BCUT2D eigenvalue weighted by atomic mass is 10.2. The normalized spacial score (nSPS) is 11.3. The van der Waals surface area contributed by atoms with Crippen LogP contribution >= 0.6 is 0 Å². The monoisotopic (exact) mass is 173 g/mol. The molecule has 0 N–H and O–H groups in total. The molecule has 0 fully saturated rings. The van der Waals surface area contributed by atoms with Gasteiger partial charge in [0.2, 0.25) is 0 Å². The molecule has 12 heavy (non-hydrogen) atoms. The zero-order chi connectivity index (χ0) is 9.19. The second-order valence-electron chi connectivity index (χ2n) is 2.12. The van der Waals surface area contributed by atoms with Crippen molar-refractivity contribution in [3.05, 3.63) is 36.9 Å². The molecule has 0 aliphatic carbocycles. The van der Waals surface area contributed by atoms with Gasteiger partial charge in [-0.15, -0.1) is 0 Å². The van der Waals surface area contributed by atoms with E-state index in [1.54, 1.807) is 0 Å². The molecule has 1 nitrogen and oxygen atoms in total. The van der Waals surface area contributed by atoms with E-state index in [1.807, 2.05) is 0 Å². The molecular formula is C8H4F3O. The zero-order valence-corrected chi connectivity index (χ0v) is 5.85. The molecule has 63 valence electrons. The summed E-state index contributed by atoms with van der Waals surface area (Å²) < 4.78 is 39.8. The van der Waals surface area contributed by atoms with Gasteiger partial charge in [-0.2, -0.15) is 13.2 Å². The van der Waals surface area contributed by atoms with E-state index in [9.17, 15) is 13.2 Å². The maximum Gasteiger partial charge on any atom is 0.416 e.